The normalized spacial score (nSPS) is 10.3. The van der Waals surface area contributed by atoms with Gasteiger partial charge in [-0.25, -0.2) is 9.18 Å². The Hall–Kier alpha value is -2.07. The predicted octanol–water partition coefficient (Wildman–Crippen LogP) is 3.73. The van der Waals surface area contributed by atoms with E-state index < -0.39 is 5.97 Å². The molecular formula is C15H13ClFNO2. The molecule has 0 fully saturated rings. The number of nitrogens with two attached hydrogens (primary N) is 1. The Morgan fingerprint density at radius 2 is 2.05 bits per heavy atom. The number of hydrogen-bond acceptors (Lipinski definition) is 3. The molecular weight excluding hydrogens is 281 g/mol. The first-order chi connectivity index (χ1) is 9.45. The zero-order valence-corrected chi connectivity index (χ0v) is 11.6. The van der Waals surface area contributed by atoms with Crippen LogP contribution < -0.4 is 5.73 Å². The van der Waals surface area contributed by atoms with Crippen LogP contribution in [-0.4, -0.2) is 5.97 Å². The molecule has 0 aliphatic carbocycles. The van der Waals surface area contributed by atoms with Gasteiger partial charge in [-0.15, -0.1) is 0 Å². The molecule has 0 radical (unpaired) electrons. The molecule has 3 nitrogen and oxygen atoms in total. The molecule has 2 aromatic carbocycles. The van der Waals surface area contributed by atoms with Crippen molar-refractivity contribution in [3.05, 3.63) is 63.9 Å². The third-order valence-corrected chi connectivity index (χ3v) is 3.04. The van der Waals surface area contributed by atoms with Crippen LogP contribution >= 0.6 is 11.6 Å². The van der Waals surface area contributed by atoms with E-state index in [9.17, 15) is 9.18 Å². The number of anilines is 1. The minimum atomic E-state index is -0.525. The van der Waals surface area contributed by atoms with Crippen molar-refractivity contribution in [1.82, 2.24) is 0 Å². The summed E-state index contributed by atoms with van der Waals surface area (Å²) < 4.78 is 18.1. The van der Waals surface area contributed by atoms with Gasteiger partial charge in [0.05, 0.1) is 5.56 Å². The van der Waals surface area contributed by atoms with E-state index in [-0.39, 0.29) is 18.0 Å². The number of rotatable bonds is 3. The van der Waals surface area contributed by atoms with Crippen LogP contribution in [0.25, 0.3) is 0 Å². The number of benzene rings is 2. The van der Waals surface area contributed by atoms with Gasteiger partial charge in [0.2, 0.25) is 0 Å². The average Bonchev–Trinajstić information content (AvgIpc) is 2.36. The molecule has 0 aliphatic heterocycles. The summed E-state index contributed by atoms with van der Waals surface area (Å²) in [6.45, 7) is 1.82. The summed E-state index contributed by atoms with van der Waals surface area (Å²) in [5, 5.41) is 0.370. The molecule has 2 N–H and O–H groups in total. The Bertz CT molecular complexity index is 638. The number of nitrogen functional groups attached to an aromatic ring is 1. The number of carbonyl (C=O) groups excluding carboxylic acids is 1. The molecule has 0 atom stereocenters. The summed E-state index contributed by atoms with van der Waals surface area (Å²) in [6, 6.07) is 8.82. The van der Waals surface area contributed by atoms with Gasteiger partial charge in [-0.05, 0) is 48.4 Å². The summed E-state index contributed by atoms with van der Waals surface area (Å²) in [4.78, 5) is 11.9. The molecule has 104 valence electrons. The highest BCUT2D eigenvalue weighted by Crippen LogP contribution is 2.18. The average molecular weight is 294 g/mol. The predicted molar refractivity (Wildman–Crippen MR) is 76.1 cm³/mol. The van der Waals surface area contributed by atoms with E-state index in [2.05, 4.69) is 0 Å². The van der Waals surface area contributed by atoms with Crippen molar-refractivity contribution in [1.29, 1.82) is 0 Å². The van der Waals surface area contributed by atoms with E-state index in [1.165, 1.54) is 24.3 Å². The monoisotopic (exact) mass is 293 g/mol. The molecule has 5 heteroatoms. The van der Waals surface area contributed by atoms with Gasteiger partial charge in [0, 0.05) is 10.7 Å². The Balaban J connectivity index is 2.08. The lowest BCUT2D eigenvalue weighted by molar-refractivity contribution is 0.0472. The molecule has 20 heavy (non-hydrogen) atoms. The summed E-state index contributed by atoms with van der Waals surface area (Å²) in [5.41, 5.74) is 7.76. The second kappa shape index (κ2) is 5.92. The van der Waals surface area contributed by atoms with Gasteiger partial charge in [-0.2, -0.15) is 0 Å². The molecule has 2 rings (SSSR count). The van der Waals surface area contributed by atoms with E-state index >= 15 is 0 Å². The van der Waals surface area contributed by atoms with Gasteiger partial charge < -0.3 is 10.5 Å². The van der Waals surface area contributed by atoms with Crippen molar-refractivity contribution in [2.75, 3.05) is 5.73 Å². The third kappa shape index (κ3) is 3.48. The number of carbonyl (C=O) groups is 1. The van der Waals surface area contributed by atoms with Crippen molar-refractivity contribution in [3.8, 4) is 0 Å². The Kier molecular flexibility index (Phi) is 4.25. The molecule has 0 amide bonds. The molecule has 0 saturated carbocycles. The number of esters is 1. The van der Waals surface area contributed by atoms with E-state index in [1.54, 1.807) is 19.1 Å². The lowest BCUT2D eigenvalue weighted by Gasteiger charge is -2.08. The minimum Gasteiger partial charge on any atom is -0.457 e. The molecule has 0 spiro atoms. The molecule has 0 unspecified atom stereocenters. The molecule has 0 bridgehead atoms. The fraction of sp³-hybridized carbons (Fsp3) is 0.133. The maximum Gasteiger partial charge on any atom is 0.338 e. The van der Waals surface area contributed by atoms with E-state index in [0.29, 0.717) is 10.7 Å². The largest absolute Gasteiger partial charge is 0.457 e. The Morgan fingerprint density at radius 1 is 1.30 bits per heavy atom. The molecule has 0 heterocycles. The van der Waals surface area contributed by atoms with Gasteiger partial charge in [-0.3, -0.25) is 0 Å². The quantitative estimate of drug-likeness (QED) is 0.693. The van der Waals surface area contributed by atoms with Crippen LogP contribution in [0, 0.1) is 12.7 Å². The summed E-state index contributed by atoms with van der Waals surface area (Å²) in [6.07, 6.45) is 0. The van der Waals surface area contributed by atoms with Crippen molar-refractivity contribution >= 4 is 23.3 Å². The van der Waals surface area contributed by atoms with Crippen molar-refractivity contribution in [2.45, 2.75) is 13.5 Å². The molecule has 0 saturated heterocycles. The van der Waals surface area contributed by atoms with Crippen LogP contribution in [0.4, 0.5) is 10.1 Å². The van der Waals surface area contributed by atoms with Crippen LogP contribution in [-0.2, 0) is 11.3 Å². The lowest BCUT2D eigenvalue weighted by Crippen LogP contribution is -2.06. The topological polar surface area (TPSA) is 52.3 Å². The van der Waals surface area contributed by atoms with Crippen LogP contribution in [0.15, 0.2) is 36.4 Å². The summed E-state index contributed by atoms with van der Waals surface area (Å²) in [7, 11) is 0. The zero-order valence-electron chi connectivity index (χ0n) is 10.8. The third-order valence-electron chi connectivity index (χ3n) is 2.82. The first-order valence-electron chi connectivity index (χ1n) is 5.94. The maximum atomic E-state index is 13.0. The first kappa shape index (κ1) is 14.3. The Labute approximate surface area is 121 Å². The van der Waals surface area contributed by atoms with Crippen LogP contribution in [0.1, 0.15) is 21.5 Å². The number of halogens is 2. The van der Waals surface area contributed by atoms with Gasteiger partial charge in [-0.1, -0.05) is 17.7 Å². The van der Waals surface area contributed by atoms with Gasteiger partial charge >= 0.3 is 5.97 Å². The number of aryl methyl sites for hydroxylation is 1. The highest BCUT2D eigenvalue weighted by atomic mass is 35.5. The molecule has 2 aromatic rings. The van der Waals surface area contributed by atoms with Crippen LogP contribution in [0.3, 0.4) is 0 Å². The van der Waals surface area contributed by atoms with Crippen LogP contribution in [0.5, 0.6) is 0 Å². The summed E-state index contributed by atoms with van der Waals surface area (Å²) in [5.74, 6) is -0.844. The fourth-order valence-corrected chi connectivity index (χ4v) is 2.02. The smallest absolute Gasteiger partial charge is 0.338 e. The SMILES string of the molecule is Cc1cc(F)ccc1COC(=O)c1cc(N)cc(Cl)c1. The van der Waals surface area contributed by atoms with E-state index in [0.717, 1.165) is 11.1 Å². The van der Waals surface area contributed by atoms with Crippen molar-refractivity contribution in [2.24, 2.45) is 0 Å². The second-order valence-electron chi connectivity index (χ2n) is 4.42. The lowest BCUT2D eigenvalue weighted by atomic mass is 10.1. The number of ether oxygens (including phenoxy) is 1. The number of hydrogen-bond donors (Lipinski definition) is 1. The standard InChI is InChI=1S/C15H13ClFNO2/c1-9-4-13(17)3-2-10(9)8-20-15(19)11-5-12(16)7-14(18)6-11/h2-7H,8,18H2,1H3. The van der Waals surface area contributed by atoms with Crippen molar-refractivity contribution < 1.29 is 13.9 Å². The van der Waals surface area contributed by atoms with Crippen molar-refractivity contribution in [3.63, 3.8) is 0 Å². The molecule has 0 aliphatic rings. The highest BCUT2D eigenvalue weighted by molar-refractivity contribution is 6.31. The van der Waals surface area contributed by atoms with E-state index in [4.69, 9.17) is 22.1 Å². The minimum absolute atomic E-state index is 0.0668. The Morgan fingerprint density at radius 3 is 2.70 bits per heavy atom. The fourth-order valence-electron chi connectivity index (χ4n) is 1.78. The zero-order chi connectivity index (χ0) is 14.7. The highest BCUT2D eigenvalue weighted by Gasteiger charge is 2.10. The van der Waals surface area contributed by atoms with Gasteiger partial charge in [0.15, 0.2) is 0 Å². The maximum absolute atomic E-state index is 13.0. The summed E-state index contributed by atoms with van der Waals surface area (Å²) >= 11 is 5.82. The van der Waals surface area contributed by atoms with Gasteiger partial charge in [0.25, 0.3) is 0 Å². The van der Waals surface area contributed by atoms with Crippen LogP contribution in [0.2, 0.25) is 5.02 Å². The first-order valence-corrected chi connectivity index (χ1v) is 6.32. The van der Waals surface area contributed by atoms with E-state index in [1.807, 2.05) is 0 Å². The molecule has 0 aromatic heterocycles. The second-order valence-corrected chi connectivity index (χ2v) is 4.86. The van der Waals surface area contributed by atoms with Gasteiger partial charge in [0.1, 0.15) is 12.4 Å².